The molecule has 0 atom stereocenters. The van der Waals surface area contributed by atoms with E-state index >= 15 is 0 Å². The molecule has 0 amide bonds. The summed E-state index contributed by atoms with van der Waals surface area (Å²) in [6.45, 7) is -0.350. The predicted octanol–water partition coefficient (Wildman–Crippen LogP) is 6.18. The minimum absolute atomic E-state index is 0.206. The summed E-state index contributed by atoms with van der Waals surface area (Å²) in [6, 6.07) is 17.7. The molecule has 33 heavy (non-hydrogen) atoms. The van der Waals surface area contributed by atoms with Gasteiger partial charge in [0.25, 0.3) is 0 Å². The lowest BCUT2D eigenvalue weighted by atomic mass is 10.0. The molecule has 5 rings (SSSR count). The Kier molecular flexibility index (Phi) is 5.70. The lowest BCUT2D eigenvalue weighted by Crippen LogP contribution is -2.15. The molecule has 0 saturated carbocycles. The second-order valence-corrected chi connectivity index (χ2v) is 9.41. The van der Waals surface area contributed by atoms with Crippen molar-refractivity contribution in [1.29, 1.82) is 0 Å². The SMILES string of the molecule is O=C(COC(=O)c1c2c(nc3ccccc13)/C(=C/c1ccc(O)cc1)CC2)c1ccc(Cl)s1. The zero-order valence-corrected chi connectivity index (χ0v) is 18.9. The van der Waals surface area contributed by atoms with E-state index in [-0.39, 0.29) is 18.1 Å². The Morgan fingerprint density at radius 2 is 1.85 bits per heavy atom. The molecule has 164 valence electrons. The maximum atomic E-state index is 13.2. The second kappa shape index (κ2) is 8.81. The van der Waals surface area contributed by atoms with Crippen molar-refractivity contribution >= 4 is 57.2 Å². The van der Waals surface area contributed by atoms with Gasteiger partial charge in [-0.15, -0.1) is 11.3 Å². The molecule has 0 bridgehead atoms. The molecule has 4 aromatic rings. The molecule has 0 saturated heterocycles. The van der Waals surface area contributed by atoms with E-state index in [0.29, 0.717) is 32.1 Å². The zero-order chi connectivity index (χ0) is 22.9. The number of esters is 1. The van der Waals surface area contributed by atoms with Gasteiger partial charge in [-0.3, -0.25) is 4.79 Å². The summed E-state index contributed by atoms with van der Waals surface area (Å²) in [5.41, 5.74) is 4.70. The highest BCUT2D eigenvalue weighted by atomic mass is 35.5. The molecule has 0 unspecified atom stereocenters. The third-order valence-corrected chi connectivity index (χ3v) is 6.83. The van der Waals surface area contributed by atoms with Crippen molar-refractivity contribution in [3.8, 4) is 5.75 Å². The lowest BCUT2D eigenvalue weighted by molar-refractivity contribution is 0.0476. The number of fused-ring (bicyclic) bond motifs is 2. The Bertz CT molecular complexity index is 1420. The van der Waals surface area contributed by atoms with Crippen LogP contribution in [-0.2, 0) is 11.2 Å². The number of Topliss-reactive ketones (excluding diaryl/α,β-unsaturated/α-hetero) is 1. The Morgan fingerprint density at radius 3 is 2.61 bits per heavy atom. The first-order valence-electron chi connectivity index (χ1n) is 10.4. The molecule has 2 aromatic carbocycles. The van der Waals surface area contributed by atoms with Crippen molar-refractivity contribution in [3.63, 3.8) is 0 Å². The average molecular weight is 476 g/mol. The quantitative estimate of drug-likeness (QED) is 0.275. The number of aromatic nitrogens is 1. The van der Waals surface area contributed by atoms with Gasteiger partial charge in [-0.25, -0.2) is 9.78 Å². The molecule has 2 aromatic heterocycles. The van der Waals surface area contributed by atoms with Crippen LogP contribution in [0, 0.1) is 0 Å². The fourth-order valence-corrected chi connectivity index (χ4v) is 4.99. The van der Waals surface area contributed by atoms with Crippen molar-refractivity contribution in [2.75, 3.05) is 6.61 Å². The van der Waals surface area contributed by atoms with Gasteiger partial charge in [0.1, 0.15) is 5.75 Å². The Morgan fingerprint density at radius 1 is 1.06 bits per heavy atom. The third-order valence-electron chi connectivity index (χ3n) is 5.56. The maximum absolute atomic E-state index is 13.2. The highest BCUT2D eigenvalue weighted by Gasteiger charge is 2.28. The van der Waals surface area contributed by atoms with Gasteiger partial charge >= 0.3 is 5.97 Å². The summed E-state index contributed by atoms with van der Waals surface area (Å²) in [6.07, 6.45) is 3.40. The van der Waals surface area contributed by atoms with Crippen LogP contribution in [0.1, 0.15) is 43.3 Å². The minimum atomic E-state index is -0.535. The van der Waals surface area contributed by atoms with E-state index in [2.05, 4.69) is 0 Å². The summed E-state index contributed by atoms with van der Waals surface area (Å²) < 4.78 is 5.96. The van der Waals surface area contributed by atoms with Gasteiger partial charge in [-0.05, 0) is 65.9 Å². The number of phenolic OH excluding ortho intramolecular Hbond substituents is 1. The zero-order valence-electron chi connectivity index (χ0n) is 17.4. The van der Waals surface area contributed by atoms with Gasteiger partial charge in [0.2, 0.25) is 5.78 Å². The van der Waals surface area contributed by atoms with Crippen molar-refractivity contribution in [2.24, 2.45) is 0 Å². The fraction of sp³-hybridized carbons (Fsp3) is 0.115. The average Bonchev–Trinajstić information content (AvgIpc) is 3.43. The van der Waals surface area contributed by atoms with E-state index in [4.69, 9.17) is 21.3 Å². The summed E-state index contributed by atoms with van der Waals surface area (Å²) in [4.78, 5) is 30.9. The number of hydrogen-bond donors (Lipinski definition) is 1. The normalized spacial score (nSPS) is 13.9. The summed E-state index contributed by atoms with van der Waals surface area (Å²) in [5, 5.41) is 10.2. The number of para-hydroxylation sites is 1. The highest BCUT2D eigenvalue weighted by Crippen LogP contribution is 2.38. The van der Waals surface area contributed by atoms with Crippen molar-refractivity contribution in [2.45, 2.75) is 12.8 Å². The molecule has 0 aliphatic heterocycles. The molecule has 2 heterocycles. The number of carbonyl (C=O) groups excluding carboxylic acids is 2. The number of rotatable bonds is 5. The number of aromatic hydroxyl groups is 1. The Labute approximate surface area is 198 Å². The van der Waals surface area contributed by atoms with Crippen LogP contribution in [0.25, 0.3) is 22.6 Å². The van der Waals surface area contributed by atoms with Crippen molar-refractivity contribution < 1.29 is 19.4 Å². The highest BCUT2D eigenvalue weighted by molar-refractivity contribution is 7.18. The van der Waals surface area contributed by atoms with Crippen LogP contribution in [0.2, 0.25) is 4.34 Å². The van der Waals surface area contributed by atoms with Crippen molar-refractivity contribution in [3.05, 3.63) is 92.3 Å². The third kappa shape index (κ3) is 4.27. The molecule has 1 aliphatic rings. The lowest BCUT2D eigenvalue weighted by Gasteiger charge is -2.12. The number of carbonyl (C=O) groups is 2. The van der Waals surface area contributed by atoms with E-state index in [9.17, 15) is 14.7 Å². The molecular formula is C26H18ClNO4S. The van der Waals surface area contributed by atoms with E-state index in [1.807, 2.05) is 42.5 Å². The van der Waals surface area contributed by atoms with Crippen molar-refractivity contribution in [1.82, 2.24) is 4.98 Å². The molecule has 1 aliphatic carbocycles. The maximum Gasteiger partial charge on any atom is 0.339 e. The first kappa shape index (κ1) is 21.4. The molecule has 0 fully saturated rings. The van der Waals surface area contributed by atoms with Gasteiger partial charge in [-0.1, -0.05) is 41.9 Å². The van der Waals surface area contributed by atoms with Crippen LogP contribution in [0.15, 0.2) is 60.7 Å². The molecular weight excluding hydrogens is 458 g/mol. The monoisotopic (exact) mass is 475 g/mol. The molecule has 5 nitrogen and oxygen atoms in total. The smallest absolute Gasteiger partial charge is 0.339 e. The van der Waals surface area contributed by atoms with Gasteiger partial charge in [0, 0.05) is 5.39 Å². The number of ether oxygens (including phenoxy) is 1. The standard InChI is InChI=1S/C26H18ClNO4S/c27-23-12-11-22(33-23)21(30)14-32-26(31)24-18-3-1-2-4-20(18)28-25-16(7-10-19(24)25)13-15-5-8-17(29)9-6-15/h1-6,8-9,11-13,29H,7,10,14H2/b16-13+. The minimum Gasteiger partial charge on any atom is -0.508 e. The number of halogens is 1. The number of nitrogens with zero attached hydrogens (tertiary/aromatic N) is 1. The van der Waals surface area contributed by atoms with E-state index in [0.717, 1.165) is 40.2 Å². The van der Waals surface area contributed by atoms with E-state index in [1.165, 1.54) is 0 Å². The number of hydrogen-bond acceptors (Lipinski definition) is 6. The number of ketones is 1. The van der Waals surface area contributed by atoms with Crippen LogP contribution >= 0.6 is 22.9 Å². The molecule has 0 spiro atoms. The molecule has 0 radical (unpaired) electrons. The number of benzene rings is 2. The Hall–Kier alpha value is -3.48. The summed E-state index contributed by atoms with van der Waals surface area (Å²) >= 11 is 7.07. The van der Waals surface area contributed by atoms with E-state index < -0.39 is 5.97 Å². The first-order valence-corrected chi connectivity index (χ1v) is 11.6. The predicted molar refractivity (Wildman–Crippen MR) is 130 cm³/mol. The Balaban J connectivity index is 1.50. The van der Waals surface area contributed by atoms with Gasteiger partial charge in [0.05, 0.1) is 26.0 Å². The molecule has 7 heteroatoms. The van der Waals surface area contributed by atoms with Gasteiger partial charge < -0.3 is 9.84 Å². The number of pyridine rings is 1. The summed E-state index contributed by atoms with van der Waals surface area (Å²) in [5.74, 6) is -0.618. The van der Waals surface area contributed by atoms with Crippen LogP contribution in [0.5, 0.6) is 5.75 Å². The van der Waals surface area contributed by atoms with Crippen LogP contribution in [-0.4, -0.2) is 28.4 Å². The second-order valence-electron chi connectivity index (χ2n) is 7.70. The van der Waals surface area contributed by atoms with Crippen LogP contribution < -0.4 is 0 Å². The number of phenols is 1. The first-order chi connectivity index (χ1) is 16.0. The van der Waals surface area contributed by atoms with Crippen LogP contribution in [0.4, 0.5) is 0 Å². The largest absolute Gasteiger partial charge is 0.508 e. The number of thiophene rings is 1. The van der Waals surface area contributed by atoms with Crippen LogP contribution in [0.3, 0.4) is 0 Å². The molecule has 1 N–H and O–H groups in total. The number of allylic oxidation sites excluding steroid dienone is 1. The topological polar surface area (TPSA) is 76.5 Å². The fourth-order valence-electron chi connectivity index (χ4n) is 4.02. The van der Waals surface area contributed by atoms with Gasteiger partial charge in [0.15, 0.2) is 6.61 Å². The summed E-state index contributed by atoms with van der Waals surface area (Å²) in [7, 11) is 0. The van der Waals surface area contributed by atoms with E-state index in [1.54, 1.807) is 24.3 Å². The van der Waals surface area contributed by atoms with Gasteiger partial charge in [-0.2, -0.15) is 0 Å².